The van der Waals surface area contributed by atoms with Gasteiger partial charge in [0.1, 0.15) is 0 Å². The fourth-order valence-electron chi connectivity index (χ4n) is 1.87. The maximum absolute atomic E-state index is 6.11. The first kappa shape index (κ1) is 7.62. The Labute approximate surface area is 75.0 Å². The van der Waals surface area contributed by atoms with Gasteiger partial charge in [0.15, 0.2) is 0 Å². The maximum atomic E-state index is 6.11. The van der Waals surface area contributed by atoms with Crippen LogP contribution >= 0.6 is 12.6 Å². The molecule has 0 aromatic carbocycles. The van der Waals surface area contributed by atoms with E-state index in [0.29, 0.717) is 0 Å². The van der Waals surface area contributed by atoms with Gasteiger partial charge in [0.2, 0.25) is 0 Å². The van der Waals surface area contributed by atoms with Crippen molar-refractivity contribution < 1.29 is 0 Å². The standard InChI is InChI=1S/C9H11BS/c10-8-5-3-1-2-4-6-9(8,11)7-8/h11H,3-7H2. The fourth-order valence-corrected chi connectivity index (χ4v) is 2.37. The third-order valence-corrected chi connectivity index (χ3v) is 3.72. The van der Waals surface area contributed by atoms with Gasteiger partial charge in [-0.2, -0.15) is 12.6 Å². The van der Waals surface area contributed by atoms with E-state index in [2.05, 4.69) is 24.5 Å². The second kappa shape index (κ2) is 2.23. The van der Waals surface area contributed by atoms with E-state index < -0.39 is 0 Å². The smallest absolute Gasteiger partial charge is 0.0766 e. The first-order valence-corrected chi connectivity index (χ1v) is 4.58. The molecule has 1 fully saturated rings. The molecule has 0 spiro atoms. The van der Waals surface area contributed by atoms with Crippen molar-refractivity contribution >= 4 is 20.5 Å². The summed E-state index contributed by atoms with van der Waals surface area (Å²) < 4.78 is 0.127. The van der Waals surface area contributed by atoms with Crippen LogP contribution in [0, 0.1) is 11.8 Å². The molecule has 2 aliphatic rings. The highest BCUT2D eigenvalue weighted by atomic mass is 32.1. The lowest BCUT2D eigenvalue weighted by atomic mass is 9.76. The average molecular weight is 162 g/mol. The van der Waals surface area contributed by atoms with Gasteiger partial charge in [0.25, 0.3) is 0 Å². The molecule has 2 rings (SSSR count). The third kappa shape index (κ3) is 1.10. The molecule has 0 N–H and O–H groups in total. The Balaban J connectivity index is 2.14. The van der Waals surface area contributed by atoms with Gasteiger partial charge < -0.3 is 0 Å². The quantitative estimate of drug-likeness (QED) is 0.314. The summed E-state index contributed by atoms with van der Waals surface area (Å²) in [6.07, 6.45) is 5.11. The monoisotopic (exact) mass is 162 g/mol. The van der Waals surface area contributed by atoms with E-state index in [4.69, 9.17) is 7.85 Å². The second-order valence-corrected chi connectivity index (χ2v) is 4.57. The lowest BCUT2D eigenvalue weighted by Crippen LogP contribution is -2.10. The summed E-state index contributed by atoms with van der Waals surface area (Å²) in [4.78, 5) is 0. The highest BCUT2D eigenvalue weighted by Crippen LogP contribution is 2.69. The van der Waals surface area contributed by atoms with Crippen LogP contribution in [0.1, 0.15) is 32.1 Å². The number of hydrogen-bond acceptors (Lipinski definition) is 1. The van der Waals surface area contributed by atoms with Crippen LogP contribution in [-0.4, -0.2) is 12.6 Å². The van der Waals surface area contributed by atoms with Crippen LogP contribution in [0.25, 0.3) is 0 Å². The van der Waals surface area contributed by atoms with Gasteiger partial charge in [-0.15, -0.1) is 11.8 Å². The first-order chi connectivity index (χ1) is 5.16. The molecule has 1 saturated carbocycles. The summed E-state index contributed by atoms with van der Waals surface area (Å²) in [5, 5.41) is 0.0191. The zero-order valence-electron chi connectivity index (χ0n) is 6.56. The highest BCUT2D eigenvalue weighted by molar-refractivity contribution is 7.82. The van der Waals surface area contributed by atoms with E-state index >= 15 is 0 Å². The molecule has 0 heterocycles. The Hall–Kier alpha value is -0.0251. The van der Waals surface area contributed by atoms with E-state index in [-0.39, 0.29) is 10.1 Å². The second-order valence-electron chi connectivity index (χ2n) is 3.72. The van der Waals surface area contributed by atoms with E-state index in [0.717, 1.165) is 32.1 Å². The Bertz CT molecular complexity index is 218. The Morgan fingerprint density at radius 3 is 2.55 bits per heavy atom. The molecule has 11 heavy (non-hydrogen) atoms. The molecule has 2 unspecified atom stereocenters. The summed E-state index contributed by atoms with van der Waals surface area (Å²) in [6, 6.07) is 0. The maximum Gasteiger partial charge on any atom is 0.0766 e. The van der Waals surface area contributed by atoms with Gasteiger partial charge in [0, 0.05) is 17.6 Å². The topological polar surface area (TPSA) is 0 Å². The lowest BCUT2D eigenvalue weighted by Gasteiger charge is -2.17. The highest BCUT2D eigenvalue weighted by Gasteiger charge is 2.59. The van der Waals surface area contributed by atoms with Gasteiger partial charge >= 0.3 is 0 Å². The first-order valence-electron chi connectivity index (χ1n) is 4.13. The average Bonchev–Trinajstić information content (AvgIpc) is 2.39. The molecule has 56 valence electrons. The summed E-state index contributed by atoms with van der Waals surface area (Å²) in [6.45, 7) is 0. The Morgan fingerprint density at radius 1 is 1.18 bits per heavy atom. The summed E-state index contributed by atoms with van der Waals surface area (Å²) >= 11 is 4.60. The molecule has 0 bridgehead atoms. The van der Waals surface area contributed by atoms with E-state index in [9.17, 15) is 0 Å². The molecule has 0 saturated heterocycles. The molecule has 2 aliphatic carbocycles. The normalized spacial score (nSPS) is 47.7. The van der Waals surface area contributed by atoms with E-state index in [1.807, 2.05) is 0 Å². The molecular formula is C9H11BS. The van der Waals surface area contributed by atoms with Crippen molar-refractivity contribution in [3.8, 4) is 11.8 Å². The molecule has 2 atom stereocenters. The fraction of sp³-hybridized carbons (Fsp3) is 0.778. The number of rotatable bonds is 0. The van der Waals surface area contributed by atoms with Gasteiger partial charge in [0.05, 0.1) is 7.85 Å². The Morgan fingerprint density at radius 2 is 1.82 bits per heavy atom. The van der Waals surface area contributed by atoms with Gasteiger partial charge in [-0.1, -0.05) is 0 Å². The molecule has 0 aromatic heterocycles. The van der Waals surface area contributed by atoms with Crippen molar-refractivity contribution in [2.45, 2.75) is 42.2 Å². The van der Waals surface area contributed by atoms with Crippen LogP contribution < -0.4 is 0 Å². The number of hydrogen-bond donors (Lipinski definition) is 1. The lowest BCUT2D eigenvalue weighted by molar-refractivity contribution is 0.669. The molecule has 0 aromatic rings. The SMILES string of the molecule is [B]C12CCC#CCCC1(S)C2. The molecule has 0 amide bonds. The summed E-state index contributed by atoms with van der Waals surface area (Å²) in [5.74, 6) is 6.26. The van der Waals surface area contributed by atoms with Crippen molar-refractivity contribution in [3.05, 3.63) is 0 Å². The zero-order chi connectivity index (χ0) is 7.95. The van der Waals surface area contributed by atoms with E-state index in [1.165, 1.54) is 0 Å². The minimum atomic E-state index is 0.0191. The summed E-state index contributed by atoms with van der Waals surface area (Å²) in [5.41, 5.74) is 0. The van der Waals surface area contributed by atoms with Gasteiger partial charge in [-0.25, -0.2) is 0 Å². The minimum absolute atomic E-state index is 0.0191. The molecular weight excluding hydrogens is 151 g/mol. The molecule has 0 aliphatic heterocycles. The number of fused-ring (bicyclic) bond motifs is 1. The Kier molecular flexibility index (Phi) is 1.54. The molecule has 2 radical (unpaired) electrons. The van der Waals surface area contributed by atoms with E-state index in [1.54, 1.807) is 0 Å². The van der Waals surface area contributed by atoms with Crippen molar-refractivity contribution in [1.29, 1.82) is 0 Å². The summed E-state index contributed by atoms with van der Waals surface area (Å²) in [7, 11) is 6.11. The van der Waals surface area contributed by atoms with Crippen molar-refractivity contribution in [1.82, 2.24) is 0 Å². The number of thiol groups is 1. The minimum Gasteiger partial charge on any atom is -0.173 e. The third-order valence-electron chi connectivity index (χ3n) is 2.89. The largest absolute Gasteiger partial charge is 0.173 e. The van der Waals surface area contributed by atoms with Crippen molar-refractivity contribution in [2.24, 2.45) is 0 Å². The van der Waals surface area contributed by atoms with Crippen LogP contribution in [0.4, 0.5) is 0 Å². The van der Waals surface area contributed by atoms with Crippen molar-refractivity contribution in [3.63, 3.8) is 0 Å². The van der Waals surface area contributed by atoms with Crippen LogP contribution in [0.5, 0.6) is 0 Å². The van der Waals surface area contributed by atoms with Gasteiger partial charge in [-0.3, -0.25) is 0 Å². The van der Waals surface area contributed by atoms with Crippen LogP contribution in [-0.2, 0) is 0 Å². The molecule has 0 nitrogen and oxygen atoms in total. The molecule has 2 heteroatoms. The zero-order valence-corrected chi connectivity index (χ0v) is 7.45. The van der Waals surface area contributed by atoms with Crippen molar-refractivity contribution in [2.75, 3.05) is 0 Å². The predicted molar refractivity (Wildman–Crippen MR) is 51.0 cm³/mol. The van der Waals surface area contributed by atoms with Crippen LogP contribution in [0.2, 0.25) is 5.31 Å². The van der Waals surface area contributed by atoms with Crippen LogP contribution in [0.15, 0.2) is 0 Å². The predicted octanol–water partition coefficient (Wildman–Crippen LogP) is 1.96. The van der Waals surface area contributed by atoms with Crippen LogP contribution in [0.3, 0.4) is 0 Å². The van der Waals surface area contributed by atoms with Gasteiger partial charge in [-0.05, 0) is 24.6 Å².